The molecule has 118 valence electrons. The van der Waals surface area contributed by atoms with Crippen LogP contribution in [0.1, 0.15) is 30.6 Å². The summed E-state index contributed by atoms with van der Waals surface area (Å²) in [4.78, 5) is 34.5. The van der Waals surface area contributed by atoms with Crippen molar-refractivity contribution in [3.63, 3.8) is 0 Å². The molecule has 0 bridgehead atoms. The van der Waals surface area contributed by atoms with Gasteiger partial charge in [-0.3, -0.25) is 19.7 Å². The molecule has 3 N–H and O–H groups in total. The number of anilines is 1. The number of amides is 2. The number of benzene rings is 1. The molecule has 1 aromatic rings. The van der Waals surface area contributed by atoms with Crippen LogP contribution in [0.15, 0.2) is 24.3 Å². The fraction of sp³-hybridized carbons (Fsp3) is 0.400. The second-order valence-corrected chi connectivity index (χ2v) is 6.31. The summed E-state index contributed by atoms with van der Waals surface area (Å²) in [5.41, 5.74) is 1.00. The Labute approximate surface area is 133 Å². The van der Waals surface area contributed by atoms with E-state index in [1.54, 1.807) is 24.3 Å². The lowest BCUT2D eigenvalue weighted by Gasteiger charge is -2.28. The Morgan fingerprint density at radius 3 is 2.59 bits per heavy atom. The number of carbonyl (C=O) groups excluding carboxylic acids is 3. The Balaban J connectivity index is 1.86. The fourth-order valence-electron chi connectivity index (χ4n) is 2.12. The zero-order valence-electron chi connectivity index (χ0n) is 12.5. The maximum absolute atomic E-state index is 12.1. The molecule has 0 radical (unpaired) electrons. The predicted molar refractivity (Wildman–Crippen MR) is 86.7 cm³/mol. The molecule has 0 spiro atoms. The molecule has 2 atom stereocenters. The maximum Gasteiger partial charge on any atom is 0.223 e. The molecule has 0 aromatic heterocycles. The van der Waals surface area contributed by atoms with Gasteiger partial charge >= 0.3 is 0 Å². The highest BCUT2D eigenvalue weighted by molar-refractivity contribution is 8.00. The third-order valence-electron chi connectivity index (χ3n) is 3.13. The van der Waals surface area contributed by atoms with Gasteiger partial charge < -0.3 is 10.6 Å². The first kappa shape index (κ1) is 16.5. The van der Waals surface area contributed by atoms with E-state index >= 15 is 0 Å². The summed E-state index contributed by atoms with van der Waals surface area (Å²) in [5.74, 6) is 0.0943. The highest BCUT2D eigenvalue weighted by Crippen LogP contribution is 2.16. The highest BCUT2D eigenvalue weighted by atomic mass is 32.2. The molecular formula is C15H19N3O3S. The molecule has 7 heteroatoms. The smallest absolute Gasteiger partial charge is 0.223 e. The molecule has 2 unspecified atom stereocenters. The summed E-state index contributed by atoms with van der Waals surface area (Å²) in [7, 11) is 0. The summed E-state index contributed by atoms with van der Waals surface area (Å²) >= 11 is 1.36. The van der Waals surface area contributed by atoms with E-state index in [0.717, 1.165) is 0 Å². The van der Waals surface area contributed by atoms with Crippen LogP contribution in [-0.4, -0.2) is 34.9 Å². The lowest BCUT2D eigenvalue weighted by molar-refractivity contribution is -0.123. The van der Waals surface area contributed by atoms with Crippen molar-refractivity contribution in [1.82, 2.24) is 10.6 Å². The molecular weight excluding hydrogens is 302 g/mol. The van der Waals surface area contributed by atoms with Crippen LogP contribution in [0.4, 0.5) is 5.69 Å². The second kappa shape index (κ2) is 7.42. The number of rotatable bonds is 5. The number of nitrogens with one attached hydrogen (secondary N) is 3. The molecule has 1 fully saturated rings. The van der Waals surface area contributed by atoms with Crippen LogP contribution in [0.3, 0.4) is 0 Å². The summed E-state index contributed by atoms with van der Waals surface area (Å²) < 4.78 is 0. The van der Waals surface area contributed by atoms with Gasteiger partial charge in [-0.25, -0.2) is 0 Å². The number of hydrogen-bond donors (Lipinski definition) is 3. The number of ketones is 1. The zero-order chi connectivity index (χ0) is 16.1. The number of hydrogen-bond acceptors (Lipinski definition) is 5. The van der Waals surface area contributed by atoms with Gasteiger partial charge in [0.2, 0.25) is 11.8 Å². The molecule has 0 saturated carbocycles. The molecule has 2 rings (SSSR count). The summed E-state index contributed by atoms with van der Waals surface area (Å²) in [6, 6.07) is 6.87. The van der Waals surface area contributed by atoms with Crippen LogP contribution < -0.4 is 16.0 Å². The number of carbonyl (C=O) groups is 3. The Morgan fingerprint density at radius 2 is 2.00 bits per heavy atom. The third-order valence-corrected chi connectivity index (χ3v) is 4.14. The van der Waals surface area contributed by atoms with E-state index in [9.17, 15) is 14.4 Å². The topological polar surface area (TPSA) is 87.3 Å². The Hall–Kier alpha value is -1.86. The molecule has 6 nitrogen and oxygen atoms in total. The van der Waals surface area contributed by atoms with Crippen LogP contribution in [-0.2, 0) is 9.59 Å². The highest BCUT2D eigenvalue weighted by Gasteiger charge is 2.23. The second-order valence-electron chi connectivity index (χ2n) is 5.21. The van der Waals surface area contributed by atoms with Gasteiger partial charge in [0.05, 0.1) is 5.75 Å². The molecule has 22 heavy (non-hydrogen) atoms. The van der Waals surface area contributed by atoms with Gasteiger partial charge in [0.15, 0.2) is 5.78 Å². The van der Waals surface area contributed by atoms with E-state index in [0.29, 0.717) is 17.7 Å². The van der Waals surface area contributed by atoms with E-state index < -0.39 is 0 Å². The fourth-order valence-corrected chi connectivity index (χ4v) is 3.15. The summed E-state index contributed by atoms with van der Waals surface area (Å²) in [6.07, 6.45) is 0.454. The number of Topliss-reactive ketones (excluding diaryl/α,β-unsaturated/α-hetero) is 1. The molecule has 0 aliphatic carbocycles. The molecule has 2 amide bonds. The van der Waals surface area contributed by atoms with Crippen molar-refractivity contribution in [2.75, 3.05) is 11.1 Å². The largest absolute Gasteiger partial charge is 0.332 e. The van der Waals surface area contributed by atoms with Crippen molar-refractivity contribution in [2.24, 2.45) is 0 Å². The van der Waals surface area contributed by atoms with Crippen molar-refractivity contribution in [2.45, 2.75) is 31.8 Å². The Morgan fingerprint density at radius 1 is 1.32 bits per heavy atom. The quantitative estimate of drug-likeness (QED) is 0.713. The SMILES string of the molecule is CC(=O)Nc1ccc(C(=O)CSC2NC(=O)CC(C)N2)cc1. The van der Waals surface area contributed by atoms with E-state index in [1.165, 1.54) is 18.7 Å². The van der Waals surface area contributed by atoms with E-state index in [1.807, 2.05) is 6.92 Å². The molecule has 1 aromatic carbocycles. The molecule has 1 saturated heterocycles. The average molecular weight is 321 g/mol. The van der Waals surface area contributed by atoms with Gasteiger partial charge in [-0.05, 0) is 31.2 Å². The van der Waals surface area contributed by atoms with Crippen molar-refractivity contribution in [3.05, 3.63) is 29.8 Å². The standard InChI is InChI=1S/C15H19N3O3S/c1-9-7-14(21)18-15(16-9)22-8-13(20)11-3-5-12(6-4-11)17-10(2)19/h3-6,9,15-16H,7-8H2,1-2H3,(H,17,19)(H,18,21). The van der Waals surface area contributed by atoms with E-state index in [4.69, 9.17) is 0 Å². The van der Waals surface area contributed by atoms with Crippen molar-refractivity contribution in [1.29, 1.82) is 0 Å². The van der Waals surface area contributed by atoms with Crippen LogP contribution in [0.5, 0.6) is 0 Å². The van der Waals surface area contributed by atoms with Gasteiger partial charge in [-0.15, -0.1) is 11.8 Å². The monoisotopic (exact) mass is 321 g/mol. The molecule has 1 aliphatic heterocycles. The van der Waals surface area contributed by atoms with Gasteiger partial charge in [-0.2, -0.15) is 0 Å². The minimum atomic E-state index is -0.237. The Kier molecular flexibility index (Phi) is 5.57. The van der Waals surface area contributed by atoms with Crippen LogP contribution in [0, 0.1) is 0 Å². The van der Waals surface area contributed by atoms with Gasteiger partial charge in [0.1, 0.15) is 5.50 Å². The predicted octanol–water partition coefficient (Wildman–Crippen LogP) is 1.34. The van der Waals surface area contributed by atoms with E-state index in [2.05, 4.69) is 16.0 Å². The maximum atomic E-state index is 12.1. The van der Waals surface area contributed by atoms with Crippen LogP contribution in [0.25, 0.3) is 0 Å². The van der Waals surface area contributed by atoms with E-state index in [-0.39, 0.29) is 34.9 Å². The van der Waals surface area contributed by atoms with Crippen LogP contribution >= 0.6 is 11.8 Å². The lowest BCUT2D eigenvalue weighted by atomic mass is 10.1. The third kappa shape index (κ3) is 4.85. The lowest BCUT2D eigenvalue weighted by Crippen LogP contribution is -2.53. The van der Waals surface area contributed by atoms with Gasteiger partial charge in [0.25, 0.3) is 0 Å². The van der Waals surface area contributed by atoms with Crippen LogP contribution in [0.2, 0.25) is 0 Å². The minimum absolute atomic E-state index is 0.00383. The first-order valence-electron chi connectivity index (χ1n) is 7.02. The van der Waals surface area contributed by atoms with Crippen molar-refractivity contribution >= 4 is 35.0 Å². The summed E-state index contributed by atoms with van der Waals surface area (Å²) in [5, 5.41) is 8.66. The summed E-state index contributed by atoms with van der Waals surface area (Å²) in [6.45, 7) is 3.37. The van der Waals surface area contributed by atoms with Crippen molar-refractivity contribution < 1.29 is 14.4 Å². The van der Waals surface area contributed by atoms with Crippen molar-refractivity contribution in [3.8, 4) is 0 Å². The first-order valence-corrected chi connectivity index (χ1v) is 8.07. The Bertz CT molecular complexity index is 574. The molecule has 1 aliphatic rings. The number of thioether (sulfide) groups is 1. The normalized spacial score (nSPS) is 21.1. The minimum Gasteiger partial charge on any atom is -0.332 e. The zero-order valence-corrected chi connectivity index (χ0v) is 13.3. The average Bonchev–Trinajstić information content (AvgIpc) is 2.44. The van der Waals surface area contributed by atoms with Gasteiger partial charge in [-0.1, -0.05) is 0 Å². The molecule has 1 heterocycles. The first-order chi connectivity index (χ1) is 10.4. The van der Waals surface area contributed by atoms with Gasteiger partial charge in [0, 0.05) is 30.6 Å².